The number of carboxylic acid groups (broad SMARTS) is 1. The molecular weight excluding hydrogens is 339 g/mol. The summed E-state index contributed by atoms with van der Waals surface area (Å²) in [7, 11) is 1.45. The third-order valence-electron chi connectivity index (χ3n) is 4.53. The summed E-state index contributed by atoms with van der Waals surface area (Å²) < 4.78 is 41.0. The van der Waals surface area contributed by atoms with Gasteiger partial charge in [-0.05, 0) is 37.1 Å². The van der Waals surface area contributed by atoms with Crippen molar-refractivity contribution in [2.45, 2.75) is 43.8 Å². The standard InChI is InChI=1S/C17H20F3NO4/c1-21(16(15(23)24)9-3-2-4-10-16)14(22)12-5-7-13(8-6-12)25-11-17(18,19)20/h5-8H,2-4,9-11H2,1H3,(H,23,24). The minimum absolute atomic E-state index is 0.0119. The van der Waals surface area contributed by atoms with E-state index in [9.17, 15) is 27.9 Å². The van der Waals surface area contributed by atoms with Crippen LogP contribution in [-0.4, -0.2) is 47.3 Å². The molecule has 1 aliphatic carbocycles. The fraction of sp³-hybridized carbons (Fsp3) is 0.529. The predicted octanol–water partition coefficient (Wildman–Crippen LogP) is 3.49. The largest absolute Gasteiger partial charge is 0.484 e. The van der Waals surface area contributed by atoms with Crippen LogP contribution in [0.15, 0.2) is 24.3 Å². The molecule has 5 nitrogen and oxygen atoms in total. The molecule has 0 bridgehead atoms. The number of carboxylic acids is 1. The number of nitrogens with zero attached hydrogens (tertiary/aromatic N) is 1. The van der Waals surface area contributed by atoms with Crippen molar-refractivity contribution >= 4 is 11.9 Å². The summed E-state index contributed by atoms with van der Waals surface area (Å²) in [6.07, 6.45) is -1.27. The number of halogens is 3. The highest BCUT2D eigenvalue weighted by Crippen LogP contribution is 2.34. The molecule has 0 unspecified atom stereocenters. The van der Waals surface area contributed by atoms with Crippen molar-refractivity contribution in [1.82, 2.24) is 4.90 Å². The summed E-state index contributed by atoms with van der Waals surface area (Å²) in [5, 5.41) is 9.62. The number of amides is 1. The zero-order valence-corrected chi connectivity index (χ0v) is 13.8. The highest BCUT2D eigenvalue weighted by molar-refractivity contribution is 5.97. The third-order valence-corrected chi connectivity index (χ3v) is 4.53. The lowest BCUT2D eigenvalue weighted by Gasteiger charge is -2.41. The molecule has 0 atom stereocenters. The molecule has 0 aromatic heterocycles. The topological polar surface area (TPSA) is 66.8 Å². The molecular formula is C17H20F3NO4. The van der Waals surface area contributed by atoms with E-state index in [1.54, 1.807) is 0 Å². The number of carbonyl (C=O) groups excluding carboxylic acids is 1. The van der Waals surface area contributed by atoms with Crippen molar-refractivity contribution in [3.63, 3.8) is 0 Å². The van der Waals surface area contributed by atoms with E-state index in [1.807, 2.05) is 0 Å². The van der Waals surface area contributed by atoms with Crippen molar-refractivity contribution in [3.05, 3.63) is 29.8 Å². The molecule has 25 heavy (non-hydrogen) atoms. The molecule has 1 aliphatic rings. The van der Waals surface area contributed by atoms with Crippen LogP contribution in [0.25, 0.3) is 0 Å². The first kappa shape index (κ1) is 19.1. The summed E-state index contributed by atoms with van der Waals surface area (Å²) >= 11 is 0. The average Bonchev–Trinajstić information content (AvgIpc) is 2.59. The molecule has 0 heterocycles. The van der Waals surface area contributed by atoms with Crippen LogP contribution in [0.3, 0.4) is 0 Å². The minimum atomic E-state index is -4.44. The van der Waals surface area contributed by atoms with E-state index >= 15 is 0 Å². The minimum Gasteiger partial charge on any atom is -0.484 e. The first-order valence-electron chi connectivity index (χ1n) is 7.97. The lowest BCUT2D eigenvalue weighted by Crippen LogP contribution is -2.56. The lowest BCUT2D eigenvalue weighted by molar-refractivity contribution is -0.153. The fourth-order valence-electron chi connectivity index (χ4n) is 3.08. The maximum atomic E-state index is 12.6. The quantitative estimate of drug-likeness (QED) is 0.874. The first-order chi connectivity index (χ1) is 11.7. The fourth-order valence-corrected chi connectivity index (χ4v) is 3.08. The highest BCUT2D eigenvalue weighted by Gasteiger charge is 2.45. The molecule has 1 saturated carbocycles. The Morgan fingerprint density at radius 2 is 1.72 bits per heavy atom. The van der Waals surface area contributed by atoms with Gasteiger partial charge in [0, 0.05) is 12.6 Å². The van der Waals surface area contributed by atoms with E-state index in [4.69, 9.17) is 0 Å². The Kier molecular flexibility index (Phi) is 5.59. The Hall–Kier alpha value is -2.25. The summed E-state index contributed by atoms with van der Waals surface area (Å²) in [5.41, 5.74) is -1.03. The summed E-state index contributed by atoms with van der Waals surface area (Å²) in [6, 6.07) is 5.20. The summed E-state index contributed by atoms with van der Waals surface area (Å²) in [4.78, 5) is 25.6. The first-order valence-corrected chi connectivity index (χ1v) is 7.97. The second-order valence-electron chi connectivity index (χ2n) is 6.19. The molecule has 1 fully saturated rings. The van der Waals surface area contributed by atoms with Gasteiger partial charge in [-0.3, -0.25) is 4.79 Å². The van der Waals surface area contributed by atoms with E-state index < -0.39 is 30.2 Å². The highest BCUT2D eigenvalue weighted by atomic mass is 19.4. The number of ether oxygens (including phenoxy) is 1. The number of benzene rings is 1. The molecule has 138 valence electrons. The van der Waals surface area contributed by atoms with E-state index in [0.29, 0.717) is 12.8 Å². The van der Waals surface area contributed by atoms with Crippen molar-refractivity contribution in [2.24, 2.45) is 0 Å². The Morgan fingerprint density at radius 1 is 1.16 bits per heavy atom. The number of carbonyl (C=O) groups is 2. The van der Waals surface area contributed by atoms with Crippen molar-refractivity contribution in [3.8, 4) is 5.75 Å². The van der Waals surface area contributed by atoms with Crippen molar-refractivity contribution < 1.29 is 32.6 Å². The van der Waals surface area contributed by atoms with Crippen LogP contribution < -0.4 is 4.74 Å². The second-order valence-corrected chi connectivity index (χ2v) is 6.19. The Labute approximate surface area is 143 Å². The molecule has 0 radical (unpaired) electrons. The number of aliphatic carboxylic acids is 1. The maximum absolute atomic E-state index is 12.6. The van der Waals surface area contributed by atoms with E-state index in [2.05, 4.69) is 4.74 Å². The van der Waals surface area contributed by atoms with E-state index in [1.165, 1.54) is 36.2 Å². The molecule has 0 saturated heterocycles. The maximum Gasteiger partial charge on any atom is 0.422 e. The zero-order chi connectivity index (χ0) is 18.7. The summed E-state index contributed by atoms with van der Waals surface area (Å²) in [6.45, 7) is -1.41. The van der Waals surface area contributed by atoms with Gasteiger partial charge in [-0.15, -0.1) is 0 Å². The summed E-state index contributed by atoms with van der Waals surface area (Å²) in [5.74, 6) is -1.53. The number of alkyl halides is 3. The predicted molar refractivity (Wildman–Crippen MR) is 83.5 cm³/mol. The van der Waals surface area contributed by atoms with E-state index in [0.717, 1.165) is 19.3 Å². The lowest BCUT2D eigenvalue weighted by atomic mass is 9.80. The van der Waals surface area contributed by atoms with Gasteiger partial charge in [-0.25, -0.2) is 4.79 Å². The van der Waals surface area contributed by atoms with Crippen LogP contribution in [0.4, 0.5) is 13.2 Å². The van der Waals surface area contributed by atoms with Crippen LogP contribution in [-0.2, 0) is 4.79 Å². The molecule has 1 N–H and O–H groups in total. The number of hydrogen-bond acceptors (Lipinski definition) is 3. The smallest absolute Gasteiger partial charge is 0.422 e. The Bertz CT molecular complexity index is 622. The second kappa shape index (κ2) is 7.33. The van der Waals surface area contributed by atoms with E-state index in [-0.39, 0.29) is 11.3 Å². The van der Waals surface area contributed by atoms with Crippen molar-refractivity contribution in [1.29, 1.82) is 0 Å². The van der Waals surface area contributed by atoms with Crippen LogP contribution in [0.2, 0.25) is 0 Å². The third kappa shape index (κ3) is 4.43. The monoisotopic (exact) mass is 359 g/mol. The van der Waals surface area contributed by atoms with Crippen LogP contribution in [0, 0.1) is 0 Å². The van der Waals surface area contributed by atoms with Gasteiger partial charge in [0.15, 0.2) is 6.61 Å². The van der Waals surface area contributed by atoms with Gasteiger partial charge in [-0.2, -0.15) is 13.2 Å². The van der Waals surface area contributed by atoms with Gasteiger partial charge < -0.3 is 14.7 Å². The molecule has 1 aromatic carbocycles. The molecule has 1 aromatic rings. The molecule has 0 aliphatic heterocycles. The van der Waals surface area contributed by atoms with Crippen LogP contribution in [0.1, 0.15) is 42.5 Å². The average molecular weight is 359 g/mol. The van der Waals surface area contributed by atoms with Crippen molar-refractivity contribution in [2.75, 3.05) is 13.7 Å². The van der Waals surface area contributed by atoms with Gasteiger partial charge >= 0.3 is 12.1 Å². The Morgan fingerprint density at radius 3 is 2.20 bits per heavy atom. The van der Waals surface area contributed by atoms with Crippen LogP contribution >= 0.6 is 0 Å². The number of hydrogen-bond donors (Lipinski definition) is 1. The number of likely N-dealkylation sites (N-methyl/N-ethyl adjacent to an activating group) is 1. The molecule has 8 heteroatoms. The molecule has 1 amide bonds. The van der Waals surface area contributed by atoms with Gasteiger partial charge in [0.25, 0.3) is 5.91 Å². The normalized spacial score (nSPS) is 17.0. The Balaban J connectivity index is 2.12. The molecule has 0 spiro atoms. The van der Waals surface area contributed by atoms with Crippen LogP contribution in [0.5, 0.6) is 5.75 Å². The SMILES string of the molecule is CN(C(=O)c1ccc(OCC(F)(F)F)cc1)C1(C(=O)O)CCCCC1. The van der Waals surface area contributed by atoms with Gasteiger partial charge in [0.2, 0.25) is 0 Å². The van der Waals surface area contributed by atoms with Gasteiger partial charge in [0.05, 0.1) is 0 Å². The number of rotatable bonds is 5. The zero-order valence-electron chi connectivity index (χ0n) is 13.8. The van der Waals surface area contributed by atoms with Gasteiger partial charge in [-0.1, -0.05) is 19.3 Å². The van der Waals surface area contributed by atoms with Gasteiger partial charge in [0.1, 0.15) is 11.3 Å². The molecule has 2 rings (SSSR count).